The third-order valence-electron chi connectivity index (χ3n) is 2.11. The molecule has 0 saturated heterocycles. The zero-order valence-electron chi connectivity index (χ0n) is 5.58. The van der Waals surface area contributed by atoms with Crippen molar-refractivity contribution in [2.24, 2.45) is 0 Å². The van der Waals surface area contributed by atoms with Crippen LogP contribution < -0.4 is 0 Å². The summed E-state index contributed by atoms with van der Waals surface area (Å²) in [4.78, 5) is 3.80. The van der Waals surface area contributed by atoms with Crippen molar-refractivity contribution in [3.8, 4) is 0 Å². The Hall–Kier alpha value is -0.830. The van der Waals surface area contributed by atoms with E-state index in [1.807, 2.05) is 0 Å². The van der Waals surface area contributed by atoms with Crippen LogP contribution in [0.5, 0.6) is 0 Å². The van der Waals surface area contributed by atoms with Crippen LogP contribution in [-0.4, -0.2) is 16.7 Å². The van der Waals surface area contributed by atoms with Crippen molar-refractivity contribution in [2.75, 3.05) is 6.61 Å². The second-order valence-corrected chi connectivity index (χ2v) is 2.80. The van der Waals surface area contributed by atoms with Gasteiger partial charge in [-0.1, -0.05) is 0 Å². The molecule has 1 aliphatic carbocycles. The van der Waals surface area contributed by atoms with E-state index < -0.39 is 0 Å². The maximum atomic E-state index is 8.94. The average Bonchev–Trinajstić information content (AvgIpc) is 2.58. The van der Waals surface area contributed by atoms with Gasteiger partial charge in [-0.25, -0.2) is 4.98 Å². The highest BCUT2D eigenvalue weighted by atomic mass is 16.3. The van der Waals surface area contributed by atoms with Crippen molar-refractivity contribution in [1.82, 2.24) is 4.98 Å². The molecule has 0 aliphatic heterocycles. The molecule has 1 fully saturated rings. The summed E-state index contributed by atoms with van der Waals surface area (Å²) in [6, 6.07) is 0. The highest BCUT2D eigenvalue weighted by Gasteiger charge is 2.46. The molecule has 3 heteroatoms. The van der Waals surface area contributed by atoms with E-state index in [1.165, 1.54) is 6.39 Å². The van der Waals surface area contributed by atoms with Crippen LogP contribution in [0.3, 0.4) is 0 Å². The number of aliphatic hydroxyl groups is 1. The fraction of sp³-hybridized carbons (Fsp3) is 0.571. The third-order valence-corrected chi connectivity index (χ3v) is 2.11. The Morgan fingerprint density at radius 1 is 1.70 bits per heavy atom. The molecule has 1 aromatic rings. The smallest absolute Gasteiger partial charge is 0.180 e. The van der Waals surface area contributed by atoms with E-state index >= 15 is 0 Å². The highest BCUT2D eigenvalue weighted by Crippen LogP contribution is 2.47. The monoisotopic (exact) mass is 139 g/mol. The quantitative estimate of drug-likeness (QED) is 0.656. The lowest BCUT2D eigenvalue weighted by molar-refractivity contribution is 0.237. The van der Waals surface area contributed by atoms with Crippen LogP contribution in [-0.2, 0) is 5.41 Å². The molecule has 54 valence electrons. The van der Waals surface area contributed by atoms with Gasteiger partial charge in [0.25, 0.3) is 0 Å². The first-order chi connectivity index (χ1) is 4.87. The topological polar surface area (TPSA) is 46.3 Å². The fourth-order valence-electron chi connectivity index (χ4n) is 1.11. The Morgan fingerprint density at radius 3 is 2.90 bits per heavy atom. The SMILES string of the molecule is OCC1(c2cnco2)CC1. The molecule has 1 N–H and O–H groups in total. The Balaban J connectivity index is 2.27. The summed E-state index contributed by atoms with van der Waals surface area (Å²) in [6.45, 7) is 0.183. The Kier molecular flexibility index (Phi) is 1.08. The molecule has 1 saturated carbocycles. The molecule has 1 heterocycles. The number of aliphatic hydroxyl groups excluding tert-OH is 1. The van der Waals surface area contributed by atoms with Gasteiger partial charge in [-0.2, -0.15) is 0 Å². The molecule has 0 radical (unpaired) electrons. The second kappa shape index (κ2) is 1.83. The lowest BCUT2D eigenvalue weighted by Gasteiger charge is -2.04. The summed E-state index contributed by atoms with van der Waals surface area (Å²) >= 11 is 0. The van der Waals surface area contributed by atoms with Crippen LogP contribution in [0.2, 0.25) is 0 Å². The molecule has 2 rings (SSSR count). The van der Waals surface area contributed by atoms with E-state index in [0.29, 0.717) is 0 Å². The van der Waals surface area contributed by atoms with Crippen LogP contribution >= 0.6 is 0 Å². The molecule has 0 unspecified atom stereocenters. The number of hydrogen-bond acceptors (Lipinski definition) is 3. The van der Waals surface area contributed by atoms with Gasteiger partial charge in [0.05, 0.1) is 18.2 Å². The summed E-state index contributed by atoms with van der Waals surface area (Å²) in [5.74, 6) is 0.829. The highest BCUT2D eigenvalue weighted by molar-refractivity contribution is 5.19. The maximum absolute atomic E-state index is 8.94. The van der Waals surface area contributed by atoms with Crippen LogP contribution in [0.25, 0.3) is 0 Å². The first kappa shape index (κ1) is 5.92. The minimum Gasteiger partial charge on any atom is -0.448 e. The fourth-order valence-corrected chi connectivity index (χ4v) is 1.11. The van der Waals surface area contributed by atoms with Crippen LogP contribution in [0.15, 0.2) is 17.0 Å². The summed E-state index contributed by atoms with van der Waals surface area (Å²) in [6.07, 6.45) is 5.14. The van der Waals surface area contributed by atoms with E-state index in [1.54, 1.807) is 6.20 Å². The van der Waals surface area contributed by atoms with Gasteiger partial charge in [0.1, 0.15) is 5.76 Å². The van der Waals surface area contributed by atoms with Gasteiger partial charge >= 0.3 is 0 Å². The molecular weight excluding hydrogens is 130 g/mol. The van der Waals surface area contributed by atoms with Gasteiger partial charge < -0.3 is 9.52 Å². The van der Waals surface area contributed by atoms with Crippen molar-refractivity contribution >= 4 is 0 Å². The molecule has 0 spiro atoms. The zero-order chi connectivity index (χ0) is 7.03. The van der Waals surface area contributed by atoms with Crippen LogP contribution in [0, 0.1) is 0 Å². The third kappa shape index (κ3) is 0.671. The maximum Gasteiger partial charge on any atom is 0.180 e. The van der Waals surface area contributed by atoms with Gasteiger partial charge in [0.15, 0.2) is 6.39 Å². The molecule has 3 nitrogen and oxygen atoms in total. The normalized spacial score (nSPS) is 20.9. The number of nitrogens with zero attached hydrogens (tertiary/aromatic N) is 1. The number of oxazole rings is 1. The first-order valence-corrected chi connectivity index (χ1v) is 3.37. The molecule has 0 amide bonds. The Morgan fingerprint density at radius 2 is 2.50 bits per heavy atom. The van der Waals surface area contributed by atoms with Crippen molar-refractivity contribution in [2.45, 2.75) is 18.3 Å². The molecule has 0 atom stereocenters. The van der Waals surface area contributed by atoms with Crippen molar-refractivity contribution < 1.29 is 9.52 Å². The molecule has 0 aromatic carbocycles. The van der Waals surface area contributed by atoms with Crippen molar-refractivity contribution in [3.05, 3.63) is 18.4 Å². The van der Waals surface area contributed by atoms with E-state index in [4.69, 9.17) is 9.52 Å². The van der Waals surface area contributed by atoms with Crippen LogP contribution in [0.4, 0.5) is 0 Å². The van der Waals surface area contributed by atoms with Gasteiger partial charge in [0, 0.05) is 0 Å². The van der Waals surface area contributed by atoms with Gasteiger partial charge in [-0.15, -0.1) is 0 Å². The lowest BCUT2D eigenvalue weighted by Crippen LogP contribution is -2.10. The second-order valence-electron chi connectivity index (χ2n) is 2.80. The van der Waals surface area contributed by atoms with Gasteiger partial charge in [0.2, 0.25) is 0 Å². The predicted octanol–water partition coefficient (Wildman–Crippen LogP) is 0.699. The predicted molar refractivity (Wildman–Crippen MR) is 34.5 cm³/mol. The minimum atomic E-state index is -0.0590. The standard InChI is InChI=1S/C7H9NO2/c9-4-7(1-2-7)6-3-8-5-10-6/h3,5,9H,1-2,4H2. The van der Waals surface area contributed by atoms with E-state index in [-0.39, 0.29) is 12.0 Å². The van der Waals surface area contributed by atoms with Crippen molar-refractivity contribution in [3.63, 3.8) is 0 Å². The zero-order valence-corrected chi connectivity index (χ0v) is 5.58. The molecule has 1 aromatic heterocycles. The summed E-state index contributed by atoms with van der Waals surface area (Å²) in [7, 11) is 0. The summed E-state index contributed by atoms with van der Waals surface area (Å²) in [5, 5.41) is 8.94. The van der Waals surface area contributed by atoms with E-state index in [2.05, 4.69) is 4.98 Å². The summed E-state index contributed by atoms with van der Waals surface area (Å²) < 4.78 is 5.08. The minimum absolute atomic E-state index is 0.0590. The van der Waals surface area contributed by atoms with Crippen LogP contribution in [0.1, 0.15) is 18.6 Å². The number of rotatable bonds is 2. The van der Waals surface area contributed by atoms with E-state index in [0.717, 1.165) is 18.6 Å². The van der Waals surface area contributed by atoms with Gasteiger partial charge in [-0.05, 0) is 12.8 Å². The number of hydrogen-bond donors (Lipinski definition) is 1. The lowest BCUT2D eigenvalue weighted by atomic mass is 10.1. The molecular formula is C7H9NO2. The first-order valence-electron chi connectivity index (χ1n) is 3.37. The molecule has 0 bridgehead atoms. The largest absolute Gasteiger partial charge is 0.448 e. The molecule has 10 heavy (non-hydrogen) atoms. The summed E-state index contributed by atoms with van der Waals surface area (Å²) in [5.41, 5.74) is -0.0590. The molecule has 1 aliphatic rings. The van der Waals surface area contributed by atoms with Crippen molar-refractivity contribution in [1.29, 1.82) is 0 Å². The average molecular weight is 139 g/mol. The van der Waals surface area contributed by atoms with Gasteiger partial charge in [-0.3, -0.25) is 0 Å². The van der Waals surface area contributed by atoms with E-state index in [9.17, 15) is 0 Å². The Labute approximate surface area is 58.7 Å². The number of aromatic nitrogens is 1. The Bertz CT molecular complexity index is 214.